The van der Waals surface area contributed by atoms with E-state index in [1.807, 2.05) is 48.7 Å². The molecule has 1 aliphatic heterocycles. The minimum absolute atomic E-state index is 0.177. The number of amides is 2. The van der Waals surface area contributed by atoms with Crippen LogP contribution in [0.25, 0.3) is 0 Å². The molecule has 1 aromatic heterocycles. The van der Waals surface area contributed by atoms with Gasteiger partial charge in [-0.15, -0.1) is 11.8 Å². The Morgan fingerprint density at radius 1 is 1.30 bits per heavy atom. The first-order chi connectivity index (χ1) is 11.1. The number of alkyl carbamates (subject to hydrolysis) is 1. The molecule has 0 saturated heterocycles. The normalized spacial score (nSPS) is 17.3. The molecule has 1 atom stereocenters. The van der Waals surface area contributed by atoms with Crippen molar-refractivity contribution in [2.75, 3.05) is 17.8 Å². The maximum Gasteiger partial charge on any atom is 0.408 e. The molecule has 7 heteroatoms. The highest BCUT2D eigenvalue weighted by molar-refractivity contribution is 7.99. The molecule has 120 valence electrons. The van der Waals surface area contributed by atoms with Gasteiger partial charge in [-0.2, -0.15) is 0 Å². The predicted molar refractivity (Wildman–Crippen MR) is 87.9 cm³/mol. The van der Waals surface area contributed by atoms with Crippen molar-refractivity contribution in [3.05, 3.63) is 54.2 Å². The van der Waals surface area contributed by atoms with E-state index in [1.54, 1.807) is 11.7 Å². The molecule has 1 N–H and O–H groups in total. The predicted octanol–water partition coefficient (Wildman–Crippen LogP) is 1.98. The van der Waals surface area contributed by atoms with Crippen molar-refractivity contribution in [1.82, 2.24) is 9.99 Å². The molecule has 3 rings (SSSR count). The van der Waals surface area contributed by atoms with Gasteiger partial charge in [0.15, 0.2) is 0 Å². The monoisotopic (exact) mass is 331 g/mol. The average Bonchev–Trinajstić information content (AvgIpc) is 3.01. The van der Waals surface area contributed by atoms with Crippen LogP contribution in [-0.4, -0.2) is 35.5 Å². The Kier molecular flexibility index (Phi) is 4.57. The number of nitrogens with zero attached hydrogens (tertiary/aromatic N) is 2. The fourth-order valence-electron chi connectivity index (χ4n) is 2.30. The Labute approximate surface area is 138 Å². The largest absolute Gasteiger partial charge is 0.445 e. The summed E-state index contributed by atoms with van der Waals surface area (Å²) in [6.07, 6.45) is 1.23. The molecule has 0 saturated carbocycles. The topological polar surface area (TPSA) is 63.6 Å². The lowest BCUT2D eigenvalue weighted by molar-refractivity contribution is -0.121. The van der Waals surface area contributed by atoms with E-state index in [4.69, 9.17) is 4.74 Å². The molecule has 2 amide bonds. The SMILES string of the molecule is CN1C(=O)[C@@H](NC(=O)OCc2ccccc2)CSc2cccn21. The minimum Gasteiger partial charge on any atom is -0.445 e. The van der Waals surface area contributed by atoms with Crippen LogP contribution in [-0.2, 0) is 16.1 Å². The number of rotatable bonds is 3. The van der Waals surface area contributed by atoms with Crippen LogP contribution in [0.15, 0.2) is 53.7 Å². The molecule has 1 aromatic carbocycles. The zero-order valence-electron chi connectivity index (χ0n) is 12.6. The fraction of sp³-hybridized carbons (Fsp3) is 0.250. The second-order valence-electron chi connectivity index (χ2n) is 5.12. The number of hydrogen-bond acceptors (Lipinski definition) is 4. The number of hydrogen-bond donors (Lipinski definition) is 1. The third-order valence-electron chi connectivity index (χ3n) is 3.53. The number of fused-ring (bicyclic) bond motifs is 1. The molecule has 0 bridgehead atoms. The Balaban J connectivity index is 1.58. The summed E-state index contributed by atoms with van der Waals surface area (Å²) in [4.78, 5) is 24.4. The molecule has 2 aromatic rings. The Morgan fingerprint density at radius 2 is 2.09 bits per heavy atom. The van der Waals surface area contributed by atoms with Crippen LogP contribution < -0.4 is 10.3 Å². The van der Waals surface area contributed by atoms with Gasteiger partial charge in [-0.05, 0) is 17.7 Å². The van der Waals surface area contributed by atoms with E-state index in [0.29, 0.717) is 5.75 Å². The first kappa shape index (κ1) is 15.5. The van der Waals surface area contributed by atoms with Crippen molar-refractivity contribution in [3.63, 3.8) is 0 Å². The number of benzene rings is 1. The Morgan fingerprint density at radius 3 is 2.87 bits per heavy atom. The lowest BCUT2D eigenvalue weighted by Crippen LogP contribution is -2.50. The van der Waals surface area contributed by atoms with E-state index in [-0.39, 0.29) is 12.5 Å². The first-order valence-electron chi connectivity index (χ1n) is 7.20. The molecule has 0 aliphatic carbocycles. The smallest absolute Gasteiger partial charge is 0.408 e. The molecular formula is C16H17N3O3S. The zero-order chi connectivity index (χ0) is 16.2. The number of nitrogens with one attached hydrogen (secondary N) is 1. The van der Waals surface area contributed by atoms with Crippen molar-refractivity contribution >= 4 is 23.8 Å². The Hall–Kier alpha value is -2.41. The second-order valence-corrected chi connectivity index (χ2v) is 6.16. The highest BCUT2D eigenvalue weighted by atomic mass is 32.2. The number of carbonyl (C=O) groups excluding carboxylic acids is 2. The fourth-order valence-corrected chi connectivity index (χ4v) is 3.35. The molecule has 0 spiro atoms. The van der Waals surface area contributed by atoms with Gasteiger partial charge in [0, 0.05) is 19.0 Å². The van der Waals surface area contributed by atoms with Crippen molar-refractivity contribution in [2.45, 2.75) is 17.7 Å². The molecule has 23 heavy (non-hydrogen) atoms. The van der Waals surface area contributed by atoms with Crippen LogP contribution in [0.1, 0.15) is 5.56 Å². The summed E-state index contributed by atoms with van der Waals surface area (Å²) >= 11 is 1.52. The summed E-state index contributed by atoms with van der Waals surface area (Å²) < 4.78 is 6.94. The van der Waals surface area contributed by atoms with Gasteiger partial charge >= 0.3 is 6.09 Å². The highest BCUT2D eigenvalue weighted by Crippen LogP contribution is 2.23. The third kappa shape index (κ3) is 3.50. The number of carbonyl (C=O) groups is 2. The van der Waals surface area contributed by atoms with Crippen LogP contribution in [0.5, 0.6) is 0 Å². The number of ether oxygens (including phenoxy) is 1. The lowest BCUT2D eigenvalue weighted by Gasteiger charge is -2.22. The third-order valence-corrected chi connectivity index (χ3v) is 4.65. The van der Waals surface area contributed by atoms with Gasteiger partial charge in [0.25, 0.3) is 5.91 Å². The first-order valence-corrected chi connectivity index (χ1v) is 8.19. The molecule has 0 fully saturated rings. The summed E-state index contributed by atoms with van der Waals surface area (Å²) in [5.74, 6) is 0.289. The standard InChI is InChI=1S/C16H17N3O3S/c1-18-15(20)13(11-23-14-8-5-9-19(14)18)17-16(21)22-10-12-6-3-2-4-7-12/h2-9,13H,10-11H2,1H3,(H,17,21)/t13-/m0/s1. The molecule has 0 unspecified atom stereocenters. The quantitative estimate of drug-likeness (QED) is 0.934. The van der Waals surface area contributed by atoms with Crippen LogP contribution >= 0.6 is 11.8 Å². The van der Waals surface area contributed by atoms with Crippen molar-refractivity contribution in [2.24, 2.45) is 0 Å². The van der Waals surface area contributed by atoms with Gasteiger partial charge in [0.2, 0.25) is 0 Å². The van der Waals surface area contributed by atoms with Crippen LogP contribution in [0.3, 0.4) is 0 Å². The van der Waals surface area contributed by atoms with Gasteiger partial charge in [-0.25, -0.2) is 4.79 Å². The number of likely N-dealkylation sites (N-methyl/N-ethyl adjacent to an activating group) is 1. The van der Waals surface area contributed by atoms with Gasteiger partial charge in [-0.1, -0.05) is 30.3 Å². The van der Waals surface area contributed by atoms with E-state index in [1.165, 1.54) is 16.8 Å². The molecule has 6 nitrogen and oxygen atoms in total. The van der Waals surface area contributed by atoms with Gasteiger partial charge in [-0.3, -0.25) is 14.5 Å². The maximum absolute atomic E-state index is 12.4. The van der Waals surface area contributed by atoms with Gasteiger partial charge in [0.05, 0.1) is 5.03 Å². The number of thioether (sulfide) groups is 1. The maximum atomic E-state index is 12.4. The van der Waals surface area contributed by atoms with Crippen LogP contribution in [0.4, 0.5) is 4.79 Å². The van der Waals surface area contributed by atoms with Crippen LogP contribution in [0, 0.1) is 0 Å². The highest BCUT2D eigenvalue weighted by Gasteiger charge is 2.29. The van der Waals surface area contributed by atoms with Gasteiger partial charge in [0.1, 0.15) is 12.6 Å². The minimum atomic E-state index is -0.617. The summed E-state index contributed by atoms with van der Waals surface area (Å²) in [5, 5.41) is 5.11. The second kappa shape index (κ2) is 6.78. The molecule has 1 aliphatic rings. The van der Waals surface area contributed by atoms with Crippen LogP contribution in [0.2, 0.25) is 0 Å². The summed E-state index contributed by atoms with van der Waals surface area (Å²) in [6, 6.07) is 12.6. The molecule has 0 radical (unpaired) electrons. The Bertz CT molecular complexity index is 702. The van der Waals surface area contributed by atoms with E-state index in [0.717, 1.165) is 10.6 Å². The summed E-state index contributed by atoms with van der Waals surface area (Å²) in [7, 11) is 1.68. The lowest BCUT2D eigenvalue weighted by atomic mass is 10.2. The van der Waals surface area contributed by atoms with E-state index >= 15 is 0 Å². The zero-order valence-corrected chi connectivity index (χ0v) is 13.5. The number of aromatic nitrogens is 1. The summed E-state index contributed by atoms with van der Waals surface area (Å²) in [5.41, 5.74) is 0.900. The summed E-state index contributed by atoms with van der Waals surface area (Å²) in [6.45, 7) is 0.177. The van der Waals surface area contributed by atoms with E-state index in [2.05, 4.69) is 5.32 Å². The van der Waals surface area contributed by atoms with E-state index in [9.17, 15) is 9.59 Å². The molecule has 2 heterocycles. The van der Waals surface area contributed by atoms with Crippen molar-refractivity contribution in [3.8, 4) is 0 Å². The van der Waals surface area contributed by atoms with Crippen molar-refractivity contribution in [1.29, 1.82) is 0 Å². The van der Waals surface area contributed by atoms with Crippen molar-refractivity contribution < 1.29 is 14.3 Å². The van der Waals surface area contributed by atoms with Gasteiger partial charge < -0.3 is 10.1 Å². The van der Waals surface area contributed by atoms with E-state index < -0.39 is 12.1 Å². The average molecular weight is 331 g/mol. The molecular weight excluding hydrogens is 314 g/mol.